The van der Waals surface area contributed by atoms with Gasteiger partial charge in [-0.05, 0) is 36.5 Å². The highest BCUT2D eigenvalue weighted by molar-refractivity contribution is 6.43. The molecule has 0 saturated heterocycles. The second kappa shape index (κ2) is 8.02. The van der Waals surface area contributed by atoms with Crippen molar-refractivity contribution < 1.29 is 19.9 Å². The van der Waals surface area contributed by atoms with Crippen LogP contribution in [0.2, 0.25) is 0 Å². The van der Waals surface area contributed by atoms with Crippen LogP contribution in [-0.4, -0.2) is 40.2 Å². The minimum Gasteiger partial charge on any atom is -0.508 e. The molecule has 0 bridgehead atoms. The Labute approximate surface area is 125 Å². The molecule has 116 valence electrons. The lowest BCUT2D eigenvalue weighted by atomic mass is 9.75. The van der Waals surface area contributed by atoms with E-state index in [0.29, 0.717) is 12.8 Å². The molecule has 1 aromatic carbocycles. The maximum atomic E-state index is 12.0. The van der Waals surface area contributed by atoms with Crippen LogP contribution in [0.15, 0.2) is 24.3 Å². The van der Waals surface area contributed by atoms with Gasteiger partial charge in [-0.25, -0.2) is 0 Å². The number of aromatic hydroxyl groups is 1. The number of hydrogen-bond donors (Lipinski definition) is 5. The summed E-state index contributed by atoms with van der Waals surface area (Å²) in [6.07, 6.45) is 0.761. The van der Waals surface area contributed by atoms with Crippen LogP contribution in [0, 0.1) is 5.92 Å². The van der Waals surface area contributed by atoms with E-state index in [1.54, 1.807) is 12.1 Å². The number of hydrogen-bond acceptors (Lipinski definition) is 5. The van der Waals surface area contributed by atoms with Crippen molar-refractivity contribution in [2.24, 2.45) is 11.7 Å². The molecular formula is C14H23BN2O4. The number of phenolic OH excluding ortho intramolecular Hbond substituents is 1. The molecule has 6 N–H and O–H groups in total. The van der Waals surface area contributed by atoms with Crippen molar-refractivity contribution in [1.82, 2.24) is 5.32 Å². The first-order chi connectivity index (χ1) is 9.79. The number of benzene rings is 1. The van der Waals surface area contributed by atoms with Gasteiger partial charge in [0.2, 0.25) is 5.91 Å². The van der Waals surface area contributed by atoms with Crippen molar-refractivity contribution in [1.29, 1.82) is 0 Å². The Kier molecular flexibility index (Phi) is 6.68. The predicted molar refractivity (Wildman–Crippen MR) is 81.4 cm³/mol. The molecular weight excluding hydrogens is 271 g/mol. The van der Waals surface area contributed by atoms with E-state index < -0.39 is 25.0 Å². The number of rotatable bonds is 7. The molecule has 0 aliphatic carbocycles. The van der Waals surface area contributed by atoms with Gasteiger partial charge >= 0.3 is 7.12 Å². The van der Waals surface area contributed by atoms with Crippen LogP contribution in [0.25, 0.3) is 0 Å². The maximum Gasteiger partial charge on any atom is 0.475 e. The standard InChI is InChI=1S/C14H23BN2O4/c1-9(2)7-13(15(20)21)17-14(19)12(16)8-10-3-5-11(18)6-4-10/h3-6,9,12-13,18,20-21H,7-8,16H2,1-2H3,(H,17,19)/t12-,13-/m0/s1. The highest BCUT2D eigenvalue weighted by Crippen LogP contribution is 2.11. The van der Waals surface area contributed by atoms with E-state index in [1.807, 2.05) is 13.8 Å². The minimum absolute atomic E-state index is 0.150. The van der Waals surface area contributed by atoms with E-state index in [1.165, 1.54) is 12.1 Å². The Morgan fingerprint density at radius 1 is 1.29 bits per heavy atom. The van der Waals surface area contributed by atoms with Gasteiger partial charge in [0, 0.05) is 0 Å². The van der Waals surface area contributed by atoms with E-state index in [4.69, 9.17) is 5.73 Å². The Balaban J connectivity index is 2.58. The molecule has 0 aromatic heterocycles. The number of amides is 1. The van der Waals surface area contributed by atoms with Crippen molar-refractivity contribution >= 4 is 13.0 Å². The van der Waals surface area contributed by atoms with E-state index in [2.05, 4.69) is 5.32 Å². The van der Waals surface area contributed by atoms with Crippen LogP contribution in [0.3, 0.4) is 0 Å². The van der Waals surface area contributed by atoms with Crippen molar-refractivity contribution in [2.75, 3.05) is 0 Å². The quantitative estimate of drug-likeness (QED) is 0.447. The number of carbonyl (C=O) groups is 1. The summed E-state index contributed by atoms with van der Waals surface area (Å²) in [5.74, 6) is -0.798. The van der Waals surface area contributed by atoms with Crippen LogP contribution in [0.5, 0.6) is 5.75 Å². The van der Waals surface area contributed by atoms with E-state index in [-0.39, 0.29) is 11.7 Å². The molecule has 0 fully saturated rings. The molecule has 2 atom stereocenters. The van der Waals surface area contributed by atoms with Gasteiger partial charge in [0.15, 0.2) is 0 Å². The number of phenols is 1. The minimum atomic E-state index is -1.61. The van der Waals surface area contributed by atoms with Crippen molar-refractivity contribution in [3.8, 4) is 5.75 Å². The largest absolute Gasteiger partial charge is 0.508 e. The smallest absolute Gasteiger partial charge is 0.475 e. The Morgan fingerprint density at radius 3 is 2.33 bits per heavy atom. The molecule has 0 unspecified atom stereocenters. The molecule has 1 aromatic rings. The lowest BCUT2D eigenvalue weighted by molar-refractivity contribution is -0.122. The van der Waals surface area contributed by atoms with Crippen LogP contribution >= 0.6 is 0 Å². The third-order valence-electron chi connectivity index (χ3n) is 3.14. The molecule has 7 heteroatoms. The van der Waals surface area contributed by atoms with Gasteiger partial charge in [-0.3, -0.25) is 4.79 Å². The molecule has 0 heterocycles. The zero-order chi connectivity index (χ0) is 16.0. The average molecular weight is 294 g/mol. The Morgan fingerprint density at radius 2 is 1.86 bits per heavy atom. The van der Waals surface area contributed by atoms with Crippen LogP contribution in [0.4, 0.5) is 0 Å². The van der Waals surface area contributed by atoms with Gasteiger partial charge in [0.05, 0.1) is 12.0 Å². The third kappa shape index (κ3) is 6.16. The Hall–Kier alpha value is -1.57. The number of nitrogens with two attached hydrogens (primary N) is 1. The molecule has 0 saturated carbocycles. The van der Waals surface area contributed by atoms with Crippen molar-refractivity contribution in [3.63, 3.8) is 0 Å². The molecule has 6 nitrogen and oxygen atoms in total. The van der Waals surface area contributed by atoms with Gasteiger partial charge in [0.25, 0.3) is 0 Å². The lowest BCUT2D eigenvalue weighted by Gasteiger charge is -2.21. The monoisotopic (exact) mass is 294 g/mol. The highest BCUT2D eigenvalue weighted by Gasteiger charge is 2.27. The van der Waals surface area contributed by atoms with Crippen LogP contribution in [0.1, 0.15) is 25.8 Å². The first kappa shape index (κ1) is 17.5. The maximum absolute atomic E-state index is 12.0. The first-order valence-corrected chi connectivity index (χ1v) is 6.99. The summed E-state index contributed by atoms with van der Waals surface area (Å²) in [5, 5.41) is 30.3. The fourth-order valence-electron chi connectivity index (χ4n) is 2.03. The van der Waals surface area contributed by atoms with Gasteiger partial charge in [0.1, 0.15) is 5.75 Å². The second-order valence-electron chi connectivity index (χ2n) is 5.64. The fourth-order valence-corrected chi connectivity index (χ4v) is 2.03. The van der Waals surface area contributed by atoms with Gasteiger partial charge in [-0.2, -0.15) is 0 Å². The Bertz CT molecular complexity index is 451. The summed E-state index contributed by atoms with van der Waals surface area (Å²) in [4.78, 5) is 12.0. The van der Waals surface area contributed by atoms with Gasteiger partial charge < -0.3 is 26.2 Å². The van der Waals surface area contributed by atoms with Gasteiger partial charge in [-0.1, -0.05) is 26.0 Å². The predicted octanol–water partition coefficient (Wildman–Crippen LogP) is -0.195. The molecule has 0 spiro atoms. The summed E-state index contributed by atoms with van der Waals surface area (Å²) < 4.78 is 0. The van der Waals surface area contributed by atoms with Crippen molar-refractivity contribution in [2.45, 2.75) is 38.7 Å². The average Bonchev–Trinajstić information content (AvgIpc) is 2.39. The first-order valence-electron chi connectivity index (χ1n) is 6.99. The summed E-state index contributed by atoms with van der Waals surface area (Å²) in [7, 11) is -1.61. The zero-order valence-corrected chi connectivity index (χ0v) is 12.4. The van der Waals surface area contributed by atoms with E-state index in [9.17, 15) is 19.9 Å². The molecule has 21 heavy (non-hydrogen) atoms. The summed E-state index contributed by atoms with van der Waals surface area (Å²) in [5.41, 5.74) is 6.65. The van der Waals surface area contributed by atoms with E-state index in [0.717, 1.165) is 5.56 Å². The molecule has 0 aliphatic rings. The number of nitrogens with one attached hydrogen (secondary N) is 1. The zero-order valence-electron chi connectivity index (χ0n) is 12.4. The molecule has 0 aliphatic heterocycles. The molecule has 1 amide bonds. The van der Waals surface area contributed by atoms with E-state index >= 15 is 0 Å². The second-order valence-corrected chi connectivity index (χ2v) is 5.64. The van der Waals surface area contributed by atoms with Crippen LogP contribution in [-0.2, 0) is 11.2 Å². The summed E-state index contributed by atoms with van der Waals surface area (Å²) >= 11 is 0. The van der Waals surface area contributed by atoms with Gasteiger partial charge in [-0.15, -0.1) is 0 Å². The number of carbonyl (C=O) groups excluding carboxylic acids is 1. The normalized spacial score (nSPS) is 13.8. The molecule has 0 radical (unpaired) electrons. The summed E-state index contributed by atoms with van der Waals surface area (Å²) in [6, 6.07) is 5.64. The van der Waals surface area contributed by atoms with Crippen molar-refractivity contribution in [3.05, 3.63) is 29.8 Å². The topological polar surface area (TPSA) is 116 Å². The van der Waals surface area contributed by atoms with Crippen LogP contribution < -0.4 is 11.1 Å². The third-order valence-corrected chi connectivity index (χ3v) is 3.14. The SMILES string of the molecule is CC(C)C[C@H](NC(=O)[C@@H](N)Cc1ccc(O)cc1)B(O)O. The highest BCUT2D eigenvalue weighted by atomic mass is 16.4. The molecule has 1 rings (SSSR count). The summed E-state index contributed by atoms with van der Waals surface area (Å²) in [6.45, 7) is 3.86. The fraction of sp³-hybridized carbons (Fsp3) is 0.500. The lowest BCUT2D eigenvalue weighted by Crippen LogP contribution is -2.52.